The van der Waals surface area contributed by atoms with Crippen LogP contribution in [0, 0.1) is 13.8 Å². The van der Waals surface area contributed by atoms with Crippen molar-refractivity contribution in [2.24, 2.45) is 0 Å². The Morgan fingerprint density at radius 1 is 1.23 bits per heavy atom. The molecule has 2 nitrogen and oxygen atoms in total. The average Bonchev–Trinajstić information content (AvgIpc) is 2.09. The van der Waals surface area contributed by atoms with Gasteiger partial charge >= 0.3 is 0 Å². The molecule has 0 saturated heterocycles. The van der Waals surface area contributed by atoms with Gasteiger partial charge in [0.15, 0.2) is 0 Å². The molecule has 0 radical (unpaired) electrons. The molecule has 1 N–H and O–H groups in total. The predicted molar refractivity (Wildman–Crippen MR) is 52.9 cm³/mol. The number of nitrogens with zero attached hydrogens (tertiary/aromatic N) is 1. The van der Waals surface area contributed by atoms with Crippen LogP contribution in [-0.4, -0.2) is 10.1 Å². The maximum Gasteiger partial charge on any atom is 0.141 e. The van der Waals surface area contributed by atoms with Crippen molar-refractivity contribution in [1.82, 2.24) is 4.98 Å². The summed E-state index contributed by atoms with van der Waals surface area (Å²) in [5.74, 6) is 0.251. The van der Waals surface area contributed by atoms with Gasteiger partial charge in [-0.3, -0.25) is 0 Å². The molecule has 66 valence electrons. The number of para-hydroxylation sites is 1. The van der Waals surface area contributed by atoms with Gasteiger partial charge in [0, 0.05) is 11.1 Å². The Morgan fingerprint density at radius 3 is 2.77 bits per heavy atom. The maximum atomic E-state index is 9.52. The smallest absolute Gasteiger partial charge is 0.141 e. The van der Waals surface area contributed by atoms with E-state index in [0.29, 0.717) is 5.52 Å². The topological polar surface area (TPSA) is 33.1 Å². The van der Waals surface area contributed by atoms with Gasteiger partial charge in [-0.25, -0.2) is 4.98 Å². The minimum atomic E-state index is 0.251. The van der Waals surface area contributed by atoms with Gasteiger partial charge in [-0.2, -0.15) is 0 Å². The molecule has 0 fully saturated rings. The summed E-state index contributed by atoms with van der Waals surface area (Å²) in [6.45, 7) is 3.97. The van der Waals surface area contributed by atoms with Crippen molar-refractivity contribution in [3.63, 3.8) is 0 Å². The third-order valence-electron chi connectivity index (χ3n) is 2.27. The summed E-state index contributed by atoms with van der Waals surface area (Å²) < 4.78 is 0. The van der Waals surface area contributed by atoms with Crippen molar-refractivity contribution in [2.45, 2.75) is 13.8 Å². The highest BCUT2D eigenvalue weighted by molar-refractivity contribution is 5.84. The minimum absolute atomic E-state index is 0.251. The molecule has 13 heavy (non-hydrogen) atoms. The fourth-order valence-electron chi connectivity index (χ4n) is 1.38. The normalized spacial score (nSPS) is 10.6. The molecular weight excluding hydrogens is 162 g/mol. The number of rotatable bonds is 0. The summed E-state index contributed by atoms with van der Waals surface area (Å²) in [6, 6.07) is 7.48. The van der Waals surface area contributed by atoms with Crippen LogP contribution in [-0.2, 0) is 0 Å². The number of aromatic nitrogens is 1. The molecule has 2 rings (SSSR count). The number of hydrogen-bond donors (Lipinski definition) is 1. The first-order chi connectivity index (χ1) is 6.18. The van der Waals surface area contributed by atoms with Gasteiger partial charge in [-0.05, 0) is 31.5 Å². The van der Waals surface area contributed by atoms with Crippen molar-refractivity contribution in [3.8, 4) is 5.75 Å². The van der Waals surface area contributed by atoms with Crippen LogP contribution in [0.2, 0.25) is 0 Å². The van der Waals surface area contributed by atoms with Crippen LogP contribution in [0.1, 0.15) is 11.3 Å². The number of benzene rings is 1. The highest BCUT2D eigenvalue weighted by Crippen LogP contribution is 2.23. The molecule has 0 unspecified atom stereocenters. The van der Waals surface area contributed by atoms with E-state index in [2.05, 4.69) is 4.98 Å². The van der Waals surface area contributed by atoms with Crippen LogP contribution in [0.5, 0.6) is 5.75 Å². The average molecular weight is 173 g/mol. The summed E-state index contributed by atoms with van der Waals surface area (Å²) in [7, 11) is 0. The van der Waals surface area contributed by atoms with E-state index in [-0.39, 0.29) is 5.75 Å². The van der Waals surface area contributed by atoms with E-state index >= 15 is 0 Å². The Bertz CT molecular complexity index is 463. The van der Waals surface area contributed by atoms with Crippen LogP contribution >= 0.6 is 0 Å². The molecule has 2 aromatic rings. The standard InChI is InChI=1S/C11H11NO/c1-7-6-9-4-3-5-10(13)11(9)12-8(7)2/h3-6,13H,1-2H3. The van der Waals surface area contributed by atoms with Crippen LogP contribution in [0.25, 0.3) is 10.9 Å². The third kappa shape index (κ3) is 1.24. The van der Waals surface area contributed by atoms with Gasteiger partial charge < -0.3 is 5.11 Å². The Morgan fingerprint density at radius 2 is 2.00 bits per heavy atom. The largest absolute Gasteiger partial charge is 0.506 e. The zero-order chi connectivity index (χ0) is 9.42. The lowest BCUT2D eigenvalue weighted by atomic mass is 10.1. The summed E-state index contributed by atoms with van der Waals surface area (Å²) in [5, 5.41) is 10.5. The lowest BCUT2D eigenvalue weighted by Gasteiger charge is -2.03. The second-order valence-electron chi connectivity index (χ2n) is 3.24. The van der Waals surface area contributed by atoms with Gasteiger partial charge in [0.1, 0.15) is 11.3 Å². The summed E-state index contributed by atoms with van der Waals surface area (Å²) in [4.78, 5) is 4.32. The van der Waals surface area contributed by atoms with E-state index < -0.39 is 0 Å². The molecule has 2 heteroatoms. The molecule has 1 aromatic heterocycles. The Labute approximate surface area is 76.9 Å². The zero-order valence-electron chi connectivity index (χ0n) is 7.70. The minimum Gasteiger partial charge on any atom is -0.506 e. The van der Waals surface area contributed by atoms with E-state index in [1.54, 1.807) is 6.07 Å². The van der Waals surface area contributed by atoms with Crippen LogP contribution < -0.4 is 0 Å². The van der Waals surface area contributed by atoms with E-state index in [1.807, 2.05) is 32.0 Å². The first kappa shape index (κ1) is 8.05. The van der Waals surface area contributed by atoms with Crippen molar-refractivity contribution in [1.29, 1.82) is 0 Å². The van der Waals surface area contributed by atoms with Crippen molar-refractivity contribution in [3.05, 3.63) is 35.5 Å². The fourth-order valence-corrected chi connectivity index (χ4v) is 1.38. The number of pyridine rings is 1. The molecule has 0 aliphatic carbocycles. The van der Waals surface area contributed by atoms with Gasteiger partial charge in [-0.1, -0.05) is 12.1 Å². The Kier molecular flexibility index (Phi) is 1.69. The summed E-state index contributed by atoms with van der Waals surface area (Å²) >= 11 is 0. The van der Waals surface area contributed by atoms with E-state index in [0.717, 1.165) is 16.6 Å². The Hall–Kier alpha value is -1.57. The highest BCUT2D eigenvalue weighted by Gasteiger charge is 2.02. The monoisotopic (exact) mass is 173 g/mol. The number of aryl methyl sites for hydroxylation is 2. The molecule has 1 aromatic carbocycles. The number of phenolic OH excluding ortho intramolecular Hbond substituents is 1. The number of fused-ring (bicyclic) bond motifs is 1. The lowest BCUT2D eigenvalue weighted by molar-refractivity contribution is 0.480. The molecule has 0 aliphatic rings. The molecule has 0 saturated carbocycles. The van der Waals surface area contributed by atoms with Crippen molar-refractivity contribution >= 4 is 10.9 Å². The third-order valence-corrected chi connectivity index (χ3v) is 2.27. The quantitative estimate of drug-likeness (QED) is 0.664. The molecule has 0 amide bonds. The SMILES string of the molecule is Cc1cc2cccc(O)c2nc1C. The number of phenols is 1. The van der Waals surface area contributed by atoms with Crippen LogP contribution in [0.15, 0.2) is 24.3 Å². The van der Waals surface area contributed by atoms with Crippen molar-refractivity contribution < 1.29 is 5.11 Å². The van der Waals surface area contributed by atoms with Gasteiger partial charge in [0.25, 0.3) is 0 Å². The van der Waals surface area contributed by atoms with E-state index in [9.17, 15) is 5.11 Å². The van der Waals surface area contributed by atoms with Gasteiger partial charge in [0.05, 0.1) is 0 Å². The first-order valence-electron chi connectivity index (χ1n) is 4.24. The first-order valence-corrected chi connectivity index (χ1v) is 4.24. The summed E-state index contributed by atoms with van der Waals surface area (Å²) in [6.07, 6.45) is 0. The highest BCUT2D eigenvalue weighted by atomic mass is 16.3. The molecular formula is C11H11NO. The van der Waals surface area contributed by atoms with Crippen LogP contribution in [0.3, 0.4) is 0 Å². The Balaban J connectivity index is 2.89. The second-order valence-corrected chi connectivity index (χ2v) is 3.24. The maximum absolute atomic E-state index is 9.52. The van der Waals surface area contributed by atoms with Gasteiger partial charge in [0.2, 0.25) is 0 Å². The molecule has 0 aliphatic heterocycles. The molecule has 1 heterocycles. The van der Waals surface area contributed by atoms with Crippen molar-refractivity contribution in [2.75, 3.05) is 0 Å². The molecule has 0 spiro atoms. The van der Waals surface area contributed by atoms with E-state index in [1.165, 1.54) is 0 Å². The number of hydrogen-bond acceptors (Lipinski definition) is 2. The lowest BCUT2D eigenvalue weighted by Crippen LogP contribution is -1.88. The van der Waals surface area contributed by atoms with Gasteiger partial charge in [-0.15, -0.1) is 0 Å². The summed E-state index contributed by atoms with van der Waals surface area (Å²) in [5.41, 5.74) is 2.80. The van der Waals surface area contributed by atoms with E-state index in [4.69, 9.17) is 0 Å². The fraction of sp³-hybridized carbons (Fsp3) is 0.182. The molecule has 0 atom stereocenters. The predicted octanol–water partition coefficient (Wildman–Crippen LogP) is 2.56. The molecule has 0 bridgehead atoms. The second kappa shape index (κ2) is 2.73. The number of aromatic hydroxyl groups is 1. The zero-order valence-corrected chi connectivity index (χ0v) is 7.70. The van der Waals surface area contributed by atoms with Crippen LogP contribution in [0.4, 0.5) is 0 Å².